The highest BCUT2D eigenvalue weighted by atomic mass is 79.9. The van der Waals surface area contributed by atoms with E-state index in [4.69, 9.17) is 23.2 Å². The number of Topliss-reactive ketones (excluding diaryl/α,β-unsaturated/α-hetero) is 1. The van der Waals surface area contributed by atoms with Gasteiger partial charge in [0, 0.05) is 61.5 Å². The van der Waals surface area contributed by atoms with Gasteiger partial charge in [-0.15, -0.1) is 0 Å². The average molecular weight is 766 g/mol. The lowest BCUT2D eigenvalue weighted by Gasteiger charge is -2.21. The molecule has 0 bridgehead atoms. The Morgan fingerprint density at radius 1 is 0.667 bits per heavy atom. The third-order valence-corrected chi connectivity index (χ3v) is 9.56. The lowest BCUT2D eigenvalue weighted by atomic mass is 9.84. The fourth-order valence-corrected chi connectivity index (χ4v) is 6.67. The molecule has 2 atom stereocenters. The molecular weight excluding hydrogens is 737 g/mol. The van der Waals surface area contributed by atoms with Crippen LogP contribution < -0.4 is 5.56 Å². The summed E-state index contributed by atoms with van der Waals surface area (Å²) in [5, 5.41) is 1.23. The highest BCUT2D eigenvalue weighted by Gasteiger charge is 2.25. The van der Waals surface area contributed by atoms with Crippen LogP contribution in [0.5, 0.6) is 0 Å². The number of aryl methyl sites for hydroxylation is 2. The number of halogens is 4. The van der Waals surface area contributed by atoms with Gasteiger partial charge in [-0.25, -0.2) is 0 Å². The Balaban J connectivity index is 1.47. The smallest absolute Gasteiger partial charge is 0.257 e. The molecule has 0 radical (unpaired) electrons. The van der Waals surface area contributed by atoms with Crippen molar-refractivity contribution in [3.05, 3.63) is 172 Å². The van der Waals surface area contributed by atoms with Crippen LogP contribution in [0, 0.1) is 13.8 Å². The molecule has 1 heterocycles. The molecule has 0 aliphatic rings. The van der Waals surface area contributed by atoms with Crippen molar-refractivity contribution in [1.82, 2.24) is 4.57 Å². The number of rotatable bonds is 9. The first-order valence-corrected chi connectivity index (χ1v) is 16.7. The predicted octanol–water partition coefficient (Wildman–Crippen LogP) is 10.6. The Morgan fingerprint density at radius 3 is 1.60 bits per heavy atom. The van der Waals surface area contributed by atoms with Crippen molar-refractivity contribution >= 4 is 66.8 Å². The van der Waals surface area contributed by atoms with Crippen LogP contribution in [0.15, 0.2) is 117 Å². The first-order valence-electron chi connectivity index (χ1n) is 14.3. The van der Waals surface area contributed by atoms with E-state index < -0.39 is 11.5 Å². The van der Waals surface area contributed by atoms with E-state index in [2.05, 4.69) is 31.9 Å². The van der Waals surface area contributed by atoms with Crippen molar-refractivity contribution in [2.45, 2.75) is 38.5 Å². The standard InChI is InChI=1S/C37H29Br2Cl2NO3/c1-22-17-29(40)12-14-31(22)33(24-3-8-27(38)9-4-24)19-35(43)26-7-16-36(44)42(21-26)37(45)20-34(25-5-10-28(39)11-6-25)32-15-13-30(41)18-23(32)2/h3-18,21,33-34H,19-20H2,1-2H3. The monoisotopic (exact) mass is 763 g/mol. The van der Waals surface area contributed by atoms with Gasteiger partial charge in [-0.2, -0.15) is 0 Å². The molecule has 5 aromatic rings. The summed E-state index contributed by atoms with van der Waals surface area (Å²) >= 11 is 19.5. The fraction of sp³-hybridized carbons (Fsp3) is 0.162. The van der Waals surface area contributed by atoms with Crippen LogP contribution in [-0.2, 0) is 0 Å². The largest absolute Gasteiger partial charge is 0.294 e. The second kappa shape index (κ2) is 14.4. The summed E-state index contributed by atoms with van der Waals surface area (Å²) in [5.74, 6) is -1.18. The zero-order valence-corrected chi connectivity index (χ0v) is 29.3. The molecular formula is C37H29Br2Cl2NO3. The van der Waals surface area contributed by atoms with Gasteiger partial charge in [0.05, 0.1) is 0 Å². The molecule has 0 amide bonds. The third kappa shape index (κ3) is 7.93. The molecule has 1 aromatic heterocycles. The molecule has 0 fully saturated rings. The van der Waals surface area contributed by atoms with Crippen molar-refractivity contribution in [2.75, 3.05) is 0 Å². The van der Waals surface area contributed by atoms with Crippen molar-refractivity contribution in [3.8, 4) is 0 Å². The molecule has 0 N–H and O–H groups in total. The molecule has 0 saturated carbocycles. The van der Waals surface area contributed by atoms with Crippen molar-refractivity contribution in [2.24, 2.45) is 0 Å². The van der Waals surface area contributed by atoms with Crippen molar-refractivity contribution < 1.29 is 9.59 Å². The molecule has 0 aliphatic heterocycles. The summed E-state index contributed by atoms with van der Waals surface area (Å²) < 4.78 is 2.92. The average Bonchev–Trinajstić information content (AvgIpc) is 3.00. The lowest BCUT2D eigenvalue weighted by molar-refractivity contribution is 0.0892. The summed E-state index contributed by atoms with van der Waals surface area (Å²) in [7, 11) is 0. The van der Waals surface area contributed by atoms with Gasteiger partial charge in [-0.3, -0.25) is 19.0 Å². The molecule has 8 heteroatoms. The zero-order chi connectivity index (χ0) is 32.2. The van der Waals surface area contributed by atoms with E-state index in [-0.39, 0.29) is 30.5 Å². The van der Waals surface area contributed by atoms with E-state index in [1.165, 1.54) is 18.3 Å². The molecule has 5 rings (SSSR count). The van der Waals surface area contributed by atoms with Gasteiger partial charge in [0.25, 0.3) is 5.56 Å². The predicted molar refractivity (Wildman–Crippen MR) is 189 cm³/mol. The summed E-state index contributed by atoms with van der Waals surface area (Å²) in [5.41, 5.74) is 5.53. The minimum Gasteiger partial charge on any atom is -0.294 e. The number of ketones is 1. The molecule has 0 aliphatic carbocycles. The van der Waals surface area contributed by atoms with Crippen LogP contribution in [0.2, 0.25) is 10.0 Å². The van der Waals surface area contributed by atoms with Crippen molar-refractivity contribution in [1.29, 1.82) is 0 Å². The van der Waals surface area contributed by atoms with Gasteiger partial charge in [-0.05, 0) is 102 Å². The SMILES string of the molecule is Cc1cc(Cl)ccc1C(CC(=O)c1ccc(=O)n(C(=O)CC(c2ccc(Br)cc2)c2ccc(Cl)cc2C)c1)c1ccc(Br)cc1. The molecule has 4 aromatic carbocycles. The fourth-order valence-electron chi connectivity index (χ4n) is 5.69. The second-order valence-corrected chi connectivity index (χ2v) is 13.8. The first-order chi connectivity index (χ1) is 21.5. The number of hydrogen-bond donors (Lipinski definition) is 0. The number of benzene rings is 4. The second-order valence-electron chi connectivity index (χ2n) is 11.1. The number of carbonyl (C=O) groups is 2. The van der Waals surface area contributed by atoms with Crippen LogP contribution >= 0.6 is 55.1 Å². The summed E-state index contributed by atoms with van der Waals surface area (Å²) in [6.45, 7) is 3.92. The molecule has 45 heavy (non-hydrogen) atoms. The van der Waals surface area contributed by atoms with E-state index >= 15 is 0 Å². The molecule has 2 unspecified atom stereocenters. The minimum absolute atomic E-state index is 0.0210. The van der Waals surface area contributed by atoms with Gasteiger partial charge in [-0.1, -0.05) is 91.5 Å². The first kappa shape index (κ1) is 33.1. The van der Waals surface area contributed by atoms with Crippen LogP contribution in [0.3, 0.4) is 0 Å². The molecule has 228 valence electrons. The topological polar surface area (TPSA) is 56.1 Å². The minimum atomic E-state index is -0.489. The molecule has 4 nitrogen and oxygen atoms in total. The number of hydrogen-bond acceptors (Lipinski definition) is 3. The Kier molecular flexibility index (Phi) is 10.6. The Hall–Kier alpha value is -3.29. The third-order valence-electron chi connectivity index (χ3n) is 8.03. The number of nitrogens with zero attached hydrogens (tertiary/aromatic N) is 1. The Labute approximate surface area is 289 Å². The van der Waals surface area contributed by atoms with E-state index in [1.807, 2.05) is 92.7 Å². The van der Waals surface area contributed by atoms with E-state index in [0.717, 1.165) is 46.9 Å². The maximum absolute atomic E-state index is 13.8. The van der Waals surface area contributed by atoms with Gasteiger partial charge < -0.3 is 0 Å². The normalized spacial score (nSPS) is 12.5. The summed E-state index contributed by atoms with van der Waals surface area (Å²) in [4.78, 5) is 40.7. The lowest BCUT2D eigenvalue weighted by Crippen LogP contribution is -2.28. The quantitative estimate of drug-likeness (QED) is 0.140. The van der Waals surface area contributed by atoms with Gasteiger partial charge in [0.2, 0.25) is 5.91 Å². The van der Waals surface area contributed by atoms with Crippen LogP contribution in [-0.4, -0.2) is 16.3 Å². The van der Waals surface area contributed by atoms with Crippen LogP contribution in [0.25, 0.3) is 0 Å². The van der Waals surface area contributed by atoms with E-state index in [9.17, 15) is 14.4 Å². The highest BCUT2D eigenvalue weighted by molar-refractivity contribution is 9.10. The highest BCUT2D eigenvalue weighted by Crippen LogP contribution is 2.35. The van der Waals surface area contributed by atoms with E-state index in [1.54, 1.807) is 6.07 Å². The van der Waals surface area contributed by atoms with Gasteiger partial charge >= 0.3 is 0 Å². The van der Waals surface area contributed by atoms with Crippen LogP contribution in [0.4, 0.5) is 0 Å². The Bertz CT molecular complexity index is 1940. The summed E-state index contributed by atoms with van der Waals surface area (Å²) in [6.07, 6.45) is 1.54. The number of carbonyl (C=O) groups excluding carboxylic acids is 2. The Morgan fingerprint density at radius 2 is 1.13 bits per heavy atom. The number of aromatic nitrogens is 1. The maximum Gasteiger partial charge on any atom is 0.257 e. The summed E-state index contributed by atoms with van der Waals surface area (Å²) in [6, 6.07) is 29.7. The van der Waals surface area contributed by atoms with Crippen LogP contribution in [0.1, 0.15) is 73.2 Å². The van der Waals surface area contributed by atoms with Crippen molar-refractivity contribution in [3.63, 3.8) is 0 Å². The van der Waals surface area contributed by atoms with Gasteiger partial charge in [0.1, 0.15) is 0 Å². The zero-order valence-electron chi connectivity index (χ0n) is 24.6. The van der Waals surface area contributed by atoms with E-state index in [0.29, 0.717) is 15.6 Å². The van der Waals surface area contributed by atoms with Gasteiger partial charge in [0.15, 0.2) is 5.78 Å². The maximum atomic E-state index is 13.8. The number of pyridine rings is 1. The molecule has 0 saturated heterocycles. The molecule has 0 spiro atoms.